The van der Waals surface area contributed by atoms with Gasteiger partial charge in [0.15, 0.2) is 11.5 Å². The predicted molar refractivity (Wildman–Crippen MR) is 115 cm³/mol. The monoisotopic (exact) mass is 431 g/mol. The molecule has 4 rings (SSSR count). The fourth-order valence-electron chi connectivity index (χ4n) is 3.51. The topological polar surface area (TPSA) is 98.0 Å². The van der Waals surface area contributed by atoms with Crippen LogP contribution in [0.25, 0.3) is 0 Å². The van der Waals surface area contributed by atoms with E-state index in [4.69, 9.17) is 18.9 Å². The molecule has 0 aliphatic carbocycles. The SMILES string of the molecule is Cc1ccccc1C(C)(Oc1cc(OCc2ccc3c(c2)OCO3)ccc1C#N)C(=O)O. The second-order valence-electron chi connectivity index (χ2n) is 7.50. The maximum Gasteiger partial charge on any atom is 0.352 e. The third-order valence-electron chi connectivity index (χ3n) is 5.30. The Morgan fingerprint density at radius 2 is 1.91 bits per heavy atom. The lowest BCUT2D eigenvalue weighted by atomic mass is 9.91. The second-order valence-corrected chi connectivity index (χ2v) is 7.50. The van der Waals surface area contributed by atoms with Crippen LogP contribution < -0.4 is 18.9 Å². The number of aliphatic carboxylic acids is 1. The maximum atomic E-state index is 12.2. The van der Waals surface area contributed by atoms with Gasteiger partial charge in [-0.1, -0.05) is 30.3 Å². The largest absolute Gasteiger partial charge is 0.489 e. The molecule has 0 saturated carbocycles. The van der Waals surface area contributed by atoms with E-state index in [0.717, 1.165) is 11.1 Å². The molecule has 0 amide bonds. The number of carboxylic acid groups (broad SMARTS) is 1. The fourth-order valence-corrected chi connectivity index (χ4v) is 3.51. The highest BCUT2D eigenvalue weighted by Gasteiger charge is 2.39. The van der Waals surface area contributed by atoms with Crippen molar-refractivity contribution in [2.45, 2.75) is 26.1 Å². The van der Waals surface area contributed by atoms with Crippen molar-refractivity contribution in [1.29, 1.82) is 5.26 Å². The molecule has 3 aromatic rings. The molecule has 1 aliphatic rings. The van der Waals surface area contributed by atoms with Gasteiger partial charge in [0.1, 0.15) is 24.2 Å². The number of rotatable bonds is 7. The van der Waals surface area contributed by atoms with E-state index in [-0.39, 0.29) is 24.7 Å². The first-order valence-electron chi connectivity index (χ1n) is 9.94. The van der Waals surface area contributed by atoms with Gasteiger partial charge in [-0.25, -0.2) is 4.79 Å². The van der Waals surface area contributed by atoms with Gasteiger partial charge in [-0.3, -0.25) is 0 Å². The summed E-state index contributed by atoms with van der Waals surface area (Å²) in [5, 5.41) is 19.5. The zero-order valence-electron chi connectivity index (χ0n) is 17.6. The van der Waals surface area contributed by atoms with E-state index >= 15 is 0 Å². The summed E-state index contributed by atoms with van der Waals surface area (Å²) < 4.78 is 22.5. The van der Waals surface area contributed by atoms with Crippen molar-refractivity contribution in [1.82, 2.24) is 0 Å². The van der Waals surface area contributed by atoms with Crippen LogP contribution in [0, 0.1) is 18.3 Å². The molecular weight excluding hydrogens is 410 g/mol. The van der Waals surface area contributed by atoms with Gasteiger partial charge in [-0.15, -0.1) is 0 Å². The van der Waals surface area contributed by atoms with Crippen LogP contribution in [-0.2, 0) is 17.0 Å². The second kappa shape index (κ2) is 8.52. The Balaban J connectivity index is 1.59. The summed E-state index contributed by atoms with van der Waals surface area (Å²) in [6.07, 6.45) is 0. The van der Waals surface area contributed by atoms with Crippen LogP contribution in [0.3, 0.4) is 0 Å². The number of carboxylic acids is 1. The standard InChI is InChI=1S/C25H21NO6/c1-16-5-3-4-6-20(16)25(2,24(27)28)32-22-12-19(9-8-18(22)13-26)29-14-17-7-10-21-23(11-17)31-15-30-21/h3-12H,14-15H2,1-2H3,(H,27,28). The van der Waals surface area contributed by atoms with Gasteiger partial charge < -0.3 is 24.1 Å². The van der Waals surface area contributed by atoms with Crippen LogP contribution in [0.5, 0.6) is 23.0 Å². The molecule has 7 nitrogen and oxygen atoms in total. The quantitative estimate of drug-likeness (QED) is 0.586. The van der Waals surface area contributed by atoms with Crippen LogP contribution in [0.2, 0.25) is 0 Å². The first-order chi connectivity index (χ1) is 15.4. The summed E-state index contributed by atoms with van der Waals surface area (Å²) in [5.41, 5.74) is 0.666. The zero-order valence-corrected chi connectivity index (χ0v) is 17.6. The lowest BCUT2D eigenvalue weighted by molar-refractivity contribution is -0.154. The Morgan fingerprint density at radius 3 is 2.66 bits per heavy atom. The molecule has 1 aliphatic heterocycles. The average molecular weight is 431 g/mol. The fraction of sp³-hybridized carbons (Fsp3) is 0.200. The summed E-state index contributed by atoms with van der Waals surface area (Å²) in [6.45, 7) is 3.73. The smallest absolute Gasteiger partial charge is 0.352 e. The number of carbonyl (C=O) groups is 1. The maximum absolute atomic E-state index is 12.2. The Labute approximate surface area is 185 Å². The number of aryl methyl sites for hydroxylation is 1. The summed E-state index contributed by atoms with van der Waals surface area (Å²) in [4.78, 5) is 12.2. The molecule has 1 unspecified atom stereocenters. The van der Waals surface area contributed by atoms with E-state index in [1.165, 1.54) is 13.0 Å². The highest BCUT2D eigenvalue weighted by molar-refractivity contribution is 5.80. The van der Waals surface area contributed by atoms with Gasteiger partial charge in [-0.05, 0) is 49.2 Å². The number of benzene rings is 3. The number of fused-ring (bicyclic) bond motifs is 1. The summed E-state index contributed by atoms with van der Waals surface area (Å²) in [5.74, 6) is 0.748. The van der Waals surface area contributed by atoms with Gasteiger partial charge in [-0.2, -0.15) is 5.26 Å². The van der Waals surface area contributed by atoms with Crippen LogP contribution in [0.1, 0.15) is 29.2 Å². The van der Waals surface area contributed by atoms with Crippen molar-refractivity contribution in [3.63, 3.8) is 0 Å². The highest BCUT2D eigenvalue weighted by atomic mass is 16.7. The Morgan fingerprint density at radius 1 is 1.12 bits per heavy atom. The van der Waals surface area contributed by atoms with Crippen LogP contribution in [0.15, 0.2) is 60.7 Å². The van der Waals surface area contributed by atoms with Crippen molar-refractivity contribution in [2.75, 3.05) is 6.79 Å². The molecule has 7 heteroatoms. The normalized spacial score (nSPS) is 13.7. The van der Waals surface area contributed by atoms with Crippen LogP contribution in [0.4, 0.5) is 0 Å². The number of hydrogen-bond acceptors (Lipinski definition) is 6. The number of hydrogen-bond donors (Lipinski definition) is 1. The minimum absolute atomic E-state index is 0.129. The number of ether oxygens (including phenoxy) is 4. The molecule has 3 aromatic carbocycles. The van der Waals surface area contributed by atoms with E-state index < -0.39 is 11.6 Å². The van der Waals surface area contributed by atoms with Crippen molar-refractivity contribution in [3.8, 4) is 29.1 Å². The minimum Gasteiger partial charge on any atom is -0.489 e. The average Bonchev–Trinajstić information content (AvgIpc) is 3.26. The van der Waals surface area contributed by atoms with Gasteiger partial charge in [0.05, 0.1) is 5.56 Å². The molecule has 0 radical (unpaired) electrons. The van der Waals surface area contributed by atoms with Gasteiger partial charge >= 0.3 is 5.97 Å². The summed E-state index contributed by atoms with van der Waals surface area (Å²) >= 11 is 0. The highest BCUT2D eigenvalue weighted by Crippen LogP contribution is 2.35. The molecule has 0 bridgehead atoms. The predicted octanol–water partition coefficient (Wildman–Crippen LogP) is 4.55. The van der Waals surface area contributed by atoms with E-state index in [2.05, 4.69) is 0 Å². The summed E-state index contributed by atoms with van der Waals surface area (Å²) in [6, 6.07) is 19.4. The van der Waals surface area contributed by atoms with Gasteiger partial charge in [0.25, 0.3) is 0 Å². The van der Waals surface area contributed by atoms with E-state index in [0.29, 0.717) is 22.8 Å². The zero-order chi connectivity index (χ0) is 22.7. The molecule has 32 heavy (non-hydrogen) atoms. The van der Waals surface area contributed by atoms with Crippen molar-refractivity contribution >= 4 is 5.97 Å². The molecule has 0 aromatic heterocycles. The molecule has 1 atom stereocenters. The van der Waals surface area contributed by atoms with E-state index in [1.807, 2.05) is 43.3 Å². The third kappa shape index (κ3) is 4.03. The first-order valence-corrected chi connectivity index (χ1v) is 9.94. The molecule has 0 spiro atoms. The Kier molecular flexibility index (Phi) is 5.61. The third-order valence-corrected chi connectivity index (χ3v) is 5.30. The Hall–Kier alpha value is -4.18. The molecule has 0 saturated heterocycles. The minimum atomic E-state index is -1.69. The molecule has 0 fully saturated rings. The summed E-state index contributed by atoms with van der Waals surface area (Å²) in [7, 11) is 0. The Bertz CT molecular complexity index is 1220. The van der Waals surface area contributed by atoms with E-state index in [9.17, 15) is 15.2 Å². The lowest BCUT2D eigenvalue weighted by Crippen LogP contribution is -2.39. The molecule has 162 valence electrons. The van der Waals surface area contributed by atoms with E-state index in [1.54, 1.807) is 24.3 Å². The van der Waals surface area contributed by atoms with Crippen molar-refractivity contribution in [3.05, 3.63) is 82.9 Å². The lowest BCUT2D eigenvalue weighted by Gasteiger charge is -2.28. The number of nitrogens with zero attached hydrogens (tertiary/aromatic N) is 1. The van der Waals surface area contributed by atoms with Gasteiger partial charge in [0, 0.05) is 11.6 Å². The van der Waals surface area contributed by atoms with Gasteiger partial charge in [0.2, 0.25) is 12.4 Å². The van der Waals surface area contributed by atoms with Crippen LogP contribution >= 0.6 is 0 Å². The molecule has 1 N–H and O–H groups in total. The molecular formula is C25H21NO6. The first kappa shape index (κ1) is 21.1. The number of nitriles is 1. The van der Waals surface area contributed by atoms with Crippen molar-refractivity contribution < 1.29 is 28.8 Å². The van der Waals surface area contributed by atoms with Crippen LogP contribution in [-0.4, -0.2) is 17.9 Å². The molecule has 1 heterocycles. The van der Waals surface area contributed by atoms with Crippen molar-refractivity contribution in [2.24, 2.45) is 0 Å².